The summed E-state index contributed by atoms with van der Waals surface area (Å²) in [6, 6.07) is 8.76. The van der Waals surface area contributed by atoms with E-state index in [1.807, 2.05) is 19.9 Å². The normalized spacial score (nSPS) is 14.6. The summed E-state index contributed by atoms with van der Waals surface area (Å²) in [5.74, 6) is -0.726. The predicted molar refractivity (Wildman–Crippen MR) is 65.6 cm³/mol. The average molecular weight is 237 g/mol. The molecule has 4 nitrogen and oxygen atoms in total. The van der Waals surface area contributed by atoms with Gasteiger partial charge in [-0.3, -0.25) is 0 Å². The van der Waals surface area contributed by atoms with E-state index in [1.165, 1.54) is 0 Å². The first kappa shape index (κ1) is 13.7. The van der Waals surface area contributed by atoms with E-state index in [2.05, 4.69) is 0 Å². The largest absolute Gasteiger partial charge is 0.480 e. The molecule has 3 N–H and O–H groups in total. The van der Waals surface area contributed by atoms with Crippen LogP contribution in [0, 0.1) is 5.92 Å². The van der Waals surface area contributed by atoms with E-state index in [0.29, 0.717) is 18.1 Å². The van der Waals surface area contributed by atoms with Crippen LogP contribution in [-0.2, 0) is 15.1 Å². The van der Waals surface area contributed by atoms with Crippen LogP contribution in [0.15, 0.2) is 30.3 Å². The SMILES string of the molecule is CC(C)COCC(N)(C(=O)O)c1ccccc1. The Morgan fingerprint density at radius 2 is 2.00 bits per heavy atom. The Hall–Kier alpha value is -1.39. The number of hydrogen-bond donors (Lipinski definition) is 2. The van der Waals surface area contributed by atoms with E-state index >= 15 is 0 Å². The van der Waals surface area contributed by atoms with E-state index in [4.69, 9.17) is 10.5 Å². The predicted octanol–water partition coefficient (Wildman–Crippen LogP) is 1.60. The minimum atomic E-state index is -1.48. The van der Waals surface area contributed by atoms with Gasteiger partial charge in [0, 0.05) is 6.61 Å². The molecule has 94 valence electrons. The van der Waals surface area contributed by atoms with Gasteiger partial charge in [0.2, 0.25) is 0 Å². The van der Waals surface area contributed by atoms with Crippen LogP contribution in [0.5, 0.6) is 0 Å². The van der Waals surface area contributed by atoms with Crippen molar-refractivity contribution in [2.75, 3.05) is 13.2 Å². The van der Waals surface area contributed by atoms with Crippen LogP contribution in [-0.4, -0.2) is 24.3 Å². The first-order chi connectivity index (χ1) is 7.97. The Morgan fingerprint density at radius 3 is 2.47 bits per heavy atom. The summed E-state index contributed by atoms with van der Waals surface area (Å²) in [4.78, 5) is 11.3. The minimum Gasteiger partial charge on any atom is -0.480 e. The van der Waals surface area contributed by atoms with Gasteiger partial charge in [-0.25, -0.2) is 4.79 Å². The summed E-state index contributed by atoms with van der Waals surface area (Å²) >= 11 is 0. The molecule has 1 atom stereocenters. The Bertz CT molecular complexity index is 364. The van der Waals surface area contributed by atoms with Crippen LogP contribution >= 0.6 is 0 Å². The van der Waals surface area contributed by atoms with E-state index < -0.39 is 11.5 Å². The molecule has 17 heavy (non-hydrogen) atoms. The number of carboxylic acids is 1. The van der Waals surface area contributed by atoms with Gasteiger partial charge in [-0.15, -0.1) is 0 Å². The maximum Gasteiger partial charge on any atom is 0.330 e. The number of rotatable bonds is 6. The number of nitrogens with two attached hydrogens (primary N) is 1. The van der Waals surface area contributed by atoms with Crippen LogP contribution in [0.1, 0.15) is 19.4 Å². The third-order valence-electron chi connectivity index (χ3n) is 2.45. The molecule has 4 heteroatoms. The second-order valence-corrected chi connectivity index (χ2v) is 4.55. The molecule has 0 radical (unpaired) electrons. The van der Waals surface area contributed by atoms with E-state index in [-0.39, 0.29) is 6.61 Å². The first-order valence-corrected chi connectivity index (χ1v) is 5.62. The molecule has 0 saturated carbocycles. The molecule has 1 aromatic rings. The molecule has 0 saturated heterocycles. The fourth-order valence-corrected chi connectivity index (χ4v) is 1.46. The number of benzene rings is 1. The number of ether oxygens (including phenoxy) is 1. The fourth-order valence-electron chi connectivity index (χ4n) is 1.46. The van der Waals surface area contributed by atoms with Crippen molar-refractivity contribution in [1.82, 2.24) is 0 Å². The Kier molecular flexibility index (Phi) is 4.66. The third kappa shape index (κ3) is 3.54. The number of carbonyl (C=O) groups is 1. The van der Waals surface area contributed by atoms with Gasteiger partial charge < -0.3 is 15.6 Å². The Morgan fingerprint density at radius 1 is 1.41 bits per heavy atom. The van der Waals surface area contributed by atoms with Crippen molar-refractivity contribution in [2.24, 2.45) is 11.7 Å². The molecule has 1 aromatic carbocycles. The maximum atomic E-state index is 11.3. The van der Waals surface area contributed by atoms with Crippen LogP contribution < -0.4 is 5.73 Å². The van der Waals surface area contributed by atoms with Gasteiger partial charge in [-0.05, 0) is 11.5 Å². The molecule has 0 amide bonds. The van der Waals surface area contributed by atoms with Crippen molar-refractivity contribution in [2.45, 2.75) is 19.4 Å². The van der Waals surface area contributed by atoms with Gasteiger partial charge in [-0.1, -0.05) is 44.2 Å². The highest BCUT2D eigenvalue weighted by Gasteiger charge is 2.36. The van der Waals surface area contributed by atoms with E-state index in [0.717, 1.165) is 0 Å². The molecule has 0 fully saturated rings. The molecule has 0 aliphatic rings. The maximum absolute atomic E-state index is 11.3. The van der Waals surface area contributed by atoms with Gasteiger partial charge in [0.25, 0.3) is 0 Å². The second kappa shape index (κ2) is 5.80. The van der Waals surface area contributed by atoms with Crippen LogP contribution in [0.25, 0.3) is 0 Å². The summed E-state index contributed by atoms with van der Waals surface area (Å²) in [6.45, 7) is 4.48. The topological polar surface area (TPSA) is 72.5 Å². The molecular formula is C13H19NO3. The molecule has 0 spiro atoms. The smallest absolute Gasteiger partial charge is 0.330 e. The third-order valence-corrected chi connectivity index (χ3v) is 2.45. The van der Waals surface area contributed by atoms with Crippen molar-refractivity contribution in [1.29, 1.82) is 0 Å². The lowest BCUT2D eigenvalue weighted by molar-refractivity contribution is -0.146. The molecule has 0 aliphatic heterocycles. The molecule has 0 aromatic heterocycles. The van der Waals surface area contributed by atoms with E-state index in [9.17, 15) is 9.90 Å². The van der Waals surface area contributed by atoms with Gasteiger partial charge in [0.1, 0.15) is 0 Å². The highest BCUT2D eigenvalue weighted by Crippen LogP contribution is 2.19. The average Bonchev–Trinajstić information content (AvgIpc) is 2.29. The summed E-state index contributed by atoms with van der Waals surface area (Å²) in [5.41, 5.74) is 5.00. The highest BCUT2D eigenvalue weighted by atomic mass is 16.5. The van der Waals surface area contributed by atoms with E-state index in [1.54, 1.807) is 24.3 Å². The van der Waals surface area contributed by atoms with Crippen molar-refractivity contribution in [3.05, 3.63) is 35.9 Å². The standard InChI is InChI=1S/C13H19NO3/c1-10(2)8-17-9-13(14,12(15)16)11-6-4-3-5-7-11/h3-7,10H,8-9,14H2,1-2H3,(H,15,16). The lowest BCUT2D eigenvalue weighted by Crippen LogP contribution is -2.49. The van der Waals surface area contributed by atoms with Gasteiger partial charge >= 0.3 is 5.97 Å². The monoisotopic (exact) mass is 237 g/mol. The Balaban J connectivity index is 2.80. The number of aliphatic carboxylic acids is 1. The lowest BCUT2D eigenvalue weighted by Gasteiger charge is -2.25. The van der Waals surface area contributed by atoms with Crippen LogP contribution in [0.2, 0.25) is 0 Å². The van der Waals surface area contributed by atoms with Crippen molar-refractivity contribution < 1.29 is 14.6 Å². The van der Waals surface area contributed by atoms with Crippen LogP contribution in [0.3, 0.4) is 0 Å². The van der Waals surface area contributed by atoms with Crippen molar-refractivity contribution in [3.63, 3.8) is 0 Å². The molecule has 1 rings (SSSR count). The van der Waals surface area contributed by atoms with Gasteiger partial charge in [0.15, 0.2) is 5.54 Å². The zero-order valence-corrected chi connectivity index (χ0v) is 10.2. The van der Waals surface area contributed by atoms with Gasteiger partial charge in [0.05, 0.1) is 6.61 Å². The summed E-state index contributed by atoms with van der Waals surface area (Å²) < 4.78 is 5.37. The molecule has 1 unspecified atom stereocenters. The molecule has 0 aliphatic carbocycles. The lowest BCUT2D eigenvalue weighted by atomic mass is 9.92. The molecular weight excluding hydrogens is 218 g/mol. The highest BCUT2D eigenvalue weighted by molar-refractivity contribution is 5.80. The fraction of sp³-hybridized carbons (Fsp3) is 0.462. The summed E-state index contributed by atoms with van der Waals surface area (Å²) in [6.07, 6.45) is 0. The second-order valence-electron chi connectivity index (χ2n) is 4.55. The van der Waals surface area contributed by atoms with Crippen molar-refractivity contribution >= 4 is 5.97 Å². The zero-order chi connectivity index (χ0) is 12.9. The van der Waals surface area contributed by atoms with Crippen LogP contribution in [0.4, 0.5) is 0 Å². The van der Waals surface area contributed by atoms with Gasteiger partial charge in [-0.2, -0.15) is 0 Å². The quantitative estimate of drug-likeness (QED) is 0.788. The minimum absolute atomic E-state index is 0.0233. The summed E-state index contributed by atoms with van der Waals surface area (Å²) in [5, 5.41) is 9.25. The summed E-state index contributed by atoms with van der Waals surface area (Å²) in [7, 11) is 0. The number of hydrogen-bond acceptors (Lipinski definition) is 3. The Labute approximate surface area is 101 Å². The number of carboxylic acid groups (broad SMARTS) is 1. The molecule has 0 bridgehead atoms. The first-order valence-electron chi connectivity index (χ1n) is 5.62. The zero-order valence-electron chi connectivity index (χ0n) is 10.2. The van der Waals surface area contributed by atoms with Crippen molar-refractivity contribution in [3.8, 4) is 0 Å². The molecule has 0 heterocycles.